The van der Waals surface area contributed by atoms with Crippen LogP contribution in [0.3, 0.4) is 0 Å². The van der Waals surface area contributed by atoms with Crippen molar-refractivity contribution in [1.29, 1.82) is 0 Å². The SMILES string of the molecule is Cc1ccc(C)c(S(=O)(=O)N2CCC(CN)CC2)c1.Cl. The molecular weight excluding hydrogens is 296 g/mol. The number of sulfonamides is 1. The van der Waals surface area contributed by atoms with Gasteiger partial charge in [-0.3, -0.25) is 0 Å². The zero-order chi connectivity index (χ0) is 14.0. The monoisotopic (exact) mass is 318 g/mol. The van der Waals surface area contributed by atoms with Crippen molar-refractivity contribution in [3.8, 4) is 0 Å². The molecule has 6 heteroatoms. The normalized spacial score (nSPS) is 17.8. The van der Waals surface area contributed by atoms with E-state index in [9.17, 15) is 8.42 Å². The highest BCUT2D eigenvalue weighted by molar-refractivity contribution is 7.89. The van der Waals surface area contributed by atoms with Crippen LogP contribution in [0.25, 0.3) is 0 Å². The Labute approximate surface area is 127 Å². The molecule has 0 radical (unpaired) electrons. The van der Waals surface area contributed by atoms with Crippen molar-refractivity contribution in [2.24, 2.45) is 11.7 Å². The van der Waals surface area contributed by atoms with Crippen molar-refractivity contribution in [3.63, 3.8) is 0 Å². The number of aryl methyl sites for hydroxylation is 2. The van der Waals surface area contributed by atoms with Crippen molar-refractivity contribution >= 4 is 22.4 Å². The van der Waals surface area contributed by atoms with E-state index < -0.39 is 10.0 Å². The molecule has 2 N–H and O–H groups in total. The van der Waals surface area contributed by atoms with E-state index in [1.54, 1.807) is 10.4 Å². The minimum absolute atomic E-state index is 0. The minimum Gasteiger partial charge on any atom is -0.330 e. The number of halogens is 1. The third-order valence-corrected chi connectivity index (χ3v) is 5.91. The van der Waals surface area contributed by atoms with Crippen LogP contribution < -0.4 is 5.73 Å². The molecule has 1 fully saturated rings. The summed E-state index contributed by atoms with van der Waals surface area (Å²) in [5, 5.41) is 0. The number of nitrogens with two attached hydrogens (primary N) is 1. The molecule has 2 rings (SSSR count). The second kappa shape index (κ2) is 6.89. The number of nitrogens with zero attached hydrogens (tertiary/aromatic N) is 1. The van der Waals surface area contributed by atoms with Crippen LogP contribution >= 0.6 is 12.4 Å². The maximum atomic E-state index is 12.6. The lowest BCUT2D eigenvalue weighted by Crippen LogP contribution is -2.40. The van der Waals surface area contributed by atoms with Crippen LogP contribution in [-0.2, 0) is 10.0 Å². The summed E-state index contributed by atoms with van der Waals surface area (Å²) >= 11 is 0. The van der Waals surface area contributed by atoms with Gasteiger partial charge < -0.3 is 5.73 Å². The Morgan fingerprint density at radius 2 is 1.85 bits per heavy atom. The van der Waals surface area contributed by atoms with Crippen molar-refractivity contribution < 1.29 is 8.42 Å². The standard InChI is InChI=1S/C14H22N2O2S.ClH/c1-11-3-4-12(2)14(9-11)19(17,18)16-7-5-13(10-15)6-8-16;/h3-4,9,13H,5-8,10,15H2,1-2H3;1H. The quantitative estimate of drug-likeness (QED) is 0.928. The summed E-state index contributed by atoms with van der Waals surface area (Å²) in [5.41, 5.74) is 7.43. The van der Waals surface area contributed by atoms with Crippen LogP contribution in [0.15, 0.2) is 23.1 Å². The predicted molar refractivity (Wildman–Crippen MR) is 83.7 cm³/mol. The number of hydrogen-bond donors (Lipinski definition) is 1. The highest BCUT2D eigenvalue weighted by Crippen LogP contribution is 2.25. The molecule has 1 aliphatic rings. The van der Waals surface area contributed by atoms with Crippen LogP contribution in [0.4, 0.5) is 0 Å². The summed E-state index contributed by atoms with van der Waals surface area (Å²) < 4.78 is 26.9. The molecule has 1 aromatic carbocycles. The lowest BCUT2D eigenvalue weighted by Gasteiger charge is -2.31. The molecule has 0 saturated carbocycles. The first-order valence-corrected chi connectivity index (χ1v) is 8.16. The van der Waals surface area contributed by atoms with E-state index in [4.69, 9.17) is 5.73 Å². The van der Waals surface area contributed by atoms with Gasteiger partial charge in [0.25, 0.3) is 0 Å². The van der Waals surface area contributed by atoms with Gasteiger partial charge >= 0.3 is 0 Å². The summed E-state index contributed by atoms with van der Waals surface area (Å²) in [7, 11) is -3.35. The Balaban J connectivity index is 0.00000200. The first kappa shape index (κ1) is 17.4. The van der Waals surface area contributed by atoms with Crippen molar-refractivity contribution in [2.75, 3.05) is 19.6 Å². The lowest BCUT2D eigenvalue weighted by molar-refractivity contribution is 0.278. The molecule has 0 amide bonds. The highest BCUT2D eigenvalue weighted by Gasteiger charge is 2.29. The highest BCUT2D eigenvalue weighted by atomic mass is 35.5. The predicted octanol–water partition coefficient (Wildman–Crippen LogP) is 2.08. The molecule has 1 heterocycles. The second-order valence-corrected chi connectivity index (χ2v) is 7.26. The Bertz CT molecular complexity index is 552. The van der Waals surface area contributed by atoms with Gasteiger partial charge in [0.1, 0.15) is 0 Å². The molecular formula is C14H23ClN2O2S. The van der Waals surface area contributed by atoms with E-state index in [1.807, 2.05) is 26.0 Å². The maximum Gasteiger partial charge on any atom is 0.243 e. The summed E-state index contributed by atoms with van der Waals surface area (Å²) in [4.78, 5) is 0.443. The third kappa shape index (κ3) is 3.52. The fourth-order valence-corrected chi connectivity index (χ4v) is 4.29. The molecule has 0 unspecified atom stereocenters. The number of hydrogen-bond acceptors (Lipinski definition) is 3. The topological polar surface area (TPSA) is 63.4 Å². The maximum absolute atomic E-state index is 12.6. The van der Waals surface area contributed by atoms with Crippen LogP contribution in [-0.4, -0.2) is 32.4 Å². The van der Waals surface area contributed by atoms with E-state index in [-0.39, 0.29) is 12.4 Å². The molecule has 1 aliphatic heterocycles. The fourth-order valence-electron chi connectivity index (χ4n) is 2.51. The van der Waals surface area contributed by atoms with Gasteiger partial charge in [0, 0.05) is 13.1 Å². The Hall–Kier alpha value is -0.620. The van der Waals surface area contributed by atoms with Gasteiger partial charge in [-0.2, -0.15) is 4.31 Å². The van der Waals surface area contributed by atoms with E-state index in [2.05, 4.69) is 0 Å². The van der Waals surface area contributed by atoms with Crippen molar-refractivity contribution in [3.05, 3.63) is 29.3 Å². The third-order valence-electron chi connectivity index (χ3n) is 3.87. The summed E-state index contributed by atoms with van der Waals surface area (Å²) in [6, 6.07) is 5.57. The van der Waals surface area contributed by atoms with E-state index in [0.717, 1.165) is 24.0 Å². The lowest BCUT2D eigenvalue weighted by atomic mass is 9.99. The average molecular weight is 319 g/mol. The van der Waals surface area contributed by atoms with Crippen LogP contribution in [0.1, 0.15) is 24.0 Å². The van der Waals surface area contributed by atoms with E-state index in [0.29, 0.717) is 30.4 Å². The molecule has 0 aliphatic carbocycles. The molecule has 4 nitrogen and oxygen atoms in total. The van der Waals surface area contributed by atoms with Gasteiger partial charge in [0.15, 0.2) is 0 Å². The van der Waals surface area contributed by atoms with E-state index >= 15 is 0 Å². The van der Waals surface area contributed by atoms with Gasteiger partial charge in [-0.15, -0.1) is 12.4 Å². The minimum atomic E-state index is -3.35. The van der Waals surface area contributed by atoms with Crippen molar-refractivity contribution in [2.45, 2.75) is 31.6 Å². The summed E-state index contributed by atoms with van der Waals surface area (Å²) in [6.07, 6.45) is 1.72. The van der Waals surface area contributed by atoms with Crippen LogP contribution in [0, 0.1) is 19.8 Å². The van der Waals surface area contributed by atoms with Crippen molar-refractivity contribution in [1.82, 2.24) is 4.31 Å². The first-order valence-electron chi connectivity index (χ1n) is 6.72. The van der Waals surface area contributed by atoms with Gasteiger partial charge in [0.2, 0.25) is 10.0 Å². The fraction of sp³-hybridized carbons (Fsp3) is 0.571. The Morgan fingerprint density at radius 1 is 1.25 bits per heavy atom. The largest absolute Gasteiger partial charge is 0.330 e. The average Bonchev–Trinajstić information content (AvgIpc) is 2.41. The molecule has 1 aromatic rings. The molecule has 0 aromatic heterocycles. The smallest absolute Gasteiger partial charge is 0.243 e. The van der Waals surface area contributed by atoms with Gasteiger partial charge in [-0.25, -0.2) is 8.42 Å². The van der Waals surface area contributed by atoms with Crippen LogP contribution in [0.5, 0.6) is 0 Å². The number of piperidine rings is 1. The van der Waals surface area contributed by atoms with E-state index in [1.165, 1.54) is 0 Å². The molecule has 20 heavy (non-hydrogen) atoms. The molecule has 0 spiro atoms. The molecule has 114 valence electrons. The second-order valence-electron chi connectivity index (χ2n) is 5.35. The number of rotatable bonds is 3. The Morgan fingerprint density at radius 3 is 2.40 bits per heavy atom. The zero-order valence-electron chi connectivity index (χ0n) is 12.0. The molecule has 1 saturated heterocycles. The van der Waals surface area contributed by atoms with Gasteiger partial charge in [-0.1, -0.05) is 12.1 Å². The summed E-state index contributed by atoms with van der Waals surface area (Å²) in [6.45, 7) is 5.57. The molecule has 0 atom stereocenters. The first-order chi connectivity index (χ1) is 8.95. The van der Waals surface area contributed by atoms with Gasteiger partial charge in [0.05, 0.1) is 4.90 Å². The van der Waals surface area contributed by atoms with Gasteiger partial charge in [-0.05, 0) is 56.3 Å². The number of benzene rings is 1. The Kier molecular flexibility index (Phi) is 6.01. The van der Waals surface area contributed by atoms with Crippen LogP contribution in [0.2, 0.25) is 0 Å². The zero-order valence-corrected chi connectivity index (χ0v) is 13.6. The summed E-state index contributed by atoms with van der Waals surface area (Å²) in [5.74, 6) is 0.463. The molecule has 0 bridgehead atoms.